The molecular weight excluding hydrogens is 290 g/mol. The van der Waals surface area contributed by atoms with Crippen LogP contribution in [0.15, 0.2) is 24.3 Å². The minimum atomic E-state index is -3.52. The van der Waals surface area contributed by atoms with Crippen molar-refractivity contribution in [1.82, 2.24) is 4.90 Å². The molecule has 1 heterocycles. The maximum absolute atomic E-state index is 14.4. The zero-order valence-corrected chi connectivity index (χ0v) is 12.5. The van der Waals surface area contributed by atoms with Crippen LogP contribution >= 0.6 is 0 Å². The number of methoxy groups -OCH3 is 1. The lowest BCUT2D eigenvalue weighted by Gasteiger charge is -2.24. The topological polar surface area (TPSA) is 55.6 Å². The Balaban J connectivity index is 1.75. The van der Waals surface area contributed by atoms with Crippen molar-refractivity contribution in [2.75, 3.05) is 20.2 Å². The number of hydrogen-bond acceptors (Lipinski definition) is 3. The van der Waals surface area contributed by atoms with Crippen molar-refractivity contribution in [3.05, 3.63) is 29.8 Å². The van der Waals surface area contributed by atoms with Gasteiger partial charge in [-0.2, -0.15) is 8.78 Å². The molecule has 2 N–H and O–H groups in total. The van der Waals surface area contributed by atoms with Gasteiger partial charge in [-0.15, -0.1) is 0 Å². The highest BCUT2D eigenvalue weighted by molar-refractivity contribution is 5.85. The summed E-state index contributed by atoms with van der Waals surface area (Å²) in [5.41, 5.74) is 5.69. The first-order valence-corrected chi connectivity index (χ1v) is 7.50. The van der Waals surface area contributed by atoms with E-state index in [-0.39, 0.29) is 23.4 Å². The lowest BCUT2D eigenvalue weighted by atomic mass is 9.98. The molecule has 3 rings (SSSR count). The molecule has 6 heteroatoms. The van der Waals surface area contributed by atoms with Gasteiger partial charge in [0, 0.05) is 24.7 Å². The summed E-state index contributed by atoms with van der Waals surface area (Å²) >= 11 is 0. The van der Waals surface area contributed by atoms with Gasteiger partial charge < -0.3 is 15.4 Å². The van der Waals surface area contributed by atoms with Crippen LogP contribution in [0.25, 0.3) is 0 Å². The number of hydrogen-bond donors (Lipinski definition) is 1. The van der Waals surface area contributed by atoms with Crippen LogP contribution in [0.4, 0.5) is 8.78 Å². The fourth-order valence-electron chi connectivity index (χ4n) is 3.60. The lowest BCUT2D eigenvalue weighted by Crippen LogP contribution is -2.42. The molecule has 1 saturated heterocycles. The zero-order valence-electron chi connectivity index (χ0n) is 12.5. The third-order valence-corrected chi connectivity index (χ3v) is 4.92. The Hall–Kier alpha value is -1.69. The highest BCUT2D eigenvalue weighted by Gasteiger charge is 2.49. The molecule has 1 aliphatic heterocycles. The fraction of sp³-hybridized carbons (Fsp3) is 0.562. The van der Waals surface area contributed by atoms with Crippen molar-refractivity contribution < 1.29 is 18.3 Å². The van der Waals surface area contributed by atoms with Crippen molar-refractivity contribution in [2.45, 2.75) is 24.8 Å². The van der Waals surface area contributed by atoms with E-state index in [4.69, 9.17) is 10.5 Å². The van der Waals surface area contributed by atoms with Crippen LogP contribution in [-0.4, -0.2) is 37.0 Å². The Morgan fingerprint density at radius 2 is 1.95 bits per heavy atom. The van der Waals surface area contributed by atoms with E-state index in [2.05, 4.69) is 0 Å². The van der Waals surface area contributed by atoms with Gasteiger partial charge in [-0.3, -0.25) is 4.79 Å². The maximum atomic E-state index is 14.4. The molecule has 22 heavy (non-hydrogen) atoms. The number of alkyl halides is 2. The molecule has 1 amide bonds. The number of ether oxygens (including phenoxy) is 1. The molecule has 120 valence electrons. The summed E-state index contributed by atoms with van der Waals surface area (Å²) in [6.07, 6.45) is 1.84. The summed E-state index contributed by atoms with van der Waals surface area (Å²) in [5.74, 6) is -3.73. The molecule has 3 atom stereocenters. The fourth-order valence-corrected chi connectivity index (χ4v) is 3.60. The third-order valence-electron chi connectivity index (χ3n) is 4.92. The van der Waals surface area contributed by atoms with Crippen molar-refractivity contribution >= 4 is 5.91 Å². The molecule has 1 aromatic carbocycles. The second kappa shape index (κ2) is 5.50. The van der Waals surface area contributed by atoms with E-state index < -0.39 is 11.8 Å². The van der Waals surface area contributed by atoms with E-state index in [0.717, 1.165) is 12.8 Å². The number of rotatable bonds is 3. The van der Waals surface area contributed by atoms with E-state index in [1.807, 2.05) is 0 Å². The van der Waals surface area contributed by atoms with Crippen LogP contribution in [0, 0.1) is 11.8 Å². The molecule has 0 aromatic heterocycles. The minimum absolute atomic E-state index is 0.0254. The summed E-state index contributed by atoms with van der Waals surface area (Å²) in [6.45, 7) is 0.735. The molecule has 1 aliphatic carbocycles. The van der Waals surface area contributed by atoms with Gasteiger partial charge in [0.1, 0.15) is 5.75 Å². The number of fused-ring (bicyclic) bond motifs is 1. The van der Waals surface area contributed by atoms with E-state index in [0.29, 0.717) is 18.8 Å². The Morgan fingerprint density at radius 1 is 1.27 bits per heavy atom. The summed E-state index contributed by atoms with van der Waals surface area (Å²) in [7, 11) is 1.46. The van der Waals surface area contributed by atoms with Gasteiger partial charge in [-0.05, 0) is 48.9 Å². The Labute approximate surface area is 128 Å². The van der Waals surface area contributed by atoms with Gasteiger partial charge in [0.05, 0.1) is 7.11 Å². The van der Waals surface area contributed by atoms with E-state index in [9.17, 15) is 13.6 Å². The molecule has 1 aromatic rings. The predicted molar refractivity (Wildman–Crippen MR) is 77.7 cm³/mol. The van der Waals surface area contributed by atoms with Gasteiger partial charge in [0.25, 0.3) is 5.91 Å². The summed E-state index contributed by atoms with van der Waals surface area (Å²) < 4.78 is 33.8. The Kier molecular flexibility index (Phi) is 3.80. The van der Waals surface area contributed by atoms with E-state index >= 15 is 0 Å². The third kappa shape index (κ3) is 2.45. The van der Waals surface area contributed by atoms with Crippen molar-refractivity contribution in [1.29, 1.82) is 0 Å². The number of carbonyl (C=O) groups excluding carboxylic acids is 1. The molecule has 0 bridgehead atoms. The van der Waals surface area contributed by atoms with Crippen molar-refractivity contribution in [2.24, 2.45) is 17.6 Å². The van der Waals surface area contributed by atoms with Crippen LogP contribution < -0.4 is 10.5 Å². The Bertz CT molecular complexity index is 562. The minimum Gasteiger partial charge on any atom is -0.497 e. The highest BCUT2D eigenvalue weighted by atomic mass is 19.3. The predicted octanol–water partition coefficient (Wildman–Crippen LogP) is 1.98. The van der Waals surface area contributed by atoms with Gasteiger partial charge in [0.2, 0.25) is 0 Å². The molecule has 2 aliphatic rings. The first kappa shape index (κ1) is 15.2. The van der Waals surface area contributed by atoms with Gasteiger partial charge in [0.15, 0.2) is 0 Å². The molecule has 3 unspecified atom stereocenters. The zero-order chi connectivity index (χ0) is 15.9. The number of carbonyl (C=O) groups is 1. The van der Waals surface area contributed by atoms with E-state index in [1.165, 1.54) is 36.3 Å². The molecular formula is C16H20F2N2O2. The molecule has 1 saturated carbocycles. The van der Waals surface area contributed by atoms with Gasteiger partial charge in [-0.25, -0.2) is 0 Å². The molecule has 0 radical (unpaired) electrons. The first-order chi connectivity index (χ1) is 10.4. The lowest BCUT2D eigenvalue weighted by molar-refractivity contribution is -0.158. The standard InChI is InChI=1S/C16H20F2N2O2/c1-22-12-5-3-11(4-6-12)16(17,18)15(21)20-8-10-2-7-14(19)13(10)9-20/h3-6,10,13-14H,2,7-9,19H2,1H3. The molecule has 2 fully saturated rings. The van der Waals surface area contributed by atoms with Crippen LogP contribution in [0.2, 0.25) is 0 Å². The second-order valence-corrected chi connectivity index (χ2v) is 6.18. The molecule has 4 nitrogen and oxygen atoms in total. The van der Waals surface area contributed by atoms with Crippen LogP contribution in [0.3, 0.4) is 0 Å². The maximum Gasteiger partial charge on any atom is 0.349 e. The largest absolute Gasteiger partial charge is 0.497 e. The summed E-state index contributed by atoms with van der Waals surface area (Å²) in [4.78, 5) is 13.5. The number of benzene rings is 1. The number of amides is 1. The smallest absolute Gasteiger partial charge is 0.349 e. The molecule has 0 spiro atoms. The number of nitrogens with zero attached hydrogens (tertiary/aromatic N) is 1. The van der Waals surface area contributed by atoms with E-state index in [1.54, 1.807) is 0 Å². The quantitative estimate of drug-likeness (QED) is 0.929. The van der Waals surface area contributed by atoms with Crippen LogP contribution in [0.1, 0.15) is 18.4 Å². The first-order valence-electron chi connectivity index (χ1n) is 7.50. The highest BCUT2D eigenvalue weighted by Crippen LogP contribution is 2.40. The number of likely N-dealkylation sites (tertiary alicyclic amines) is 1. The summed E-state index contributed by atoms with van der Waals surface area (Å²) in [5, 5.41) is 0. The number of nitrogens with two attached hydrogens (primary N) is 1. The van der Waals surface area contributed by atoms with Gasteiger partial charge >= 0.3 is 5.92 Å². The SMILES string of the molecule is COc1ccc(C(F)(F)C(=O)N2CC3CCC(N)C3C2)cc1. The average molecular weight is 310 g/mol. The normalized spacial score (nSPS) is 27.8. The van der Waals surface area contributed by atoms with Crippen LogP contribution in [0.5, 0.6) is 5.75 Å². The van der Waals surface area contributed by atoms with Crippen molar-refractivity contribution in [3.63, 3.8) is 0 Å². The summed E-state index contributed by atoms with van der Waals surface area (Å²) in [6, 6.07) is 5.37. The van der Waals surface area contributed by atoms with Crippen LogP contribution in [-0.2, 0) is 10.7 Å². The number of halogens is 2. The Morgan fingerprint density at radius 3 is 2.55 bits per heavy atom. The monoisotopic (exact) mass is 310 g/mol. The second-order valence-electron chi connectivity index (χ2n) is 6.18. The van der Waals surface area contributed by atoms with Gasteiger partial charge in [-0.1, -0.05) is 0 Å². The average Bonchev–Trinajstić information content (AvgIpc) is 3.09. The van der Waals surface area contributed by atoms with Crippen molar-refractivity contribution in [3.8, 4) is 5.75 Å².